The second kappa shape index (κ2) is 5.64. The number of aliphatic carboxylic acids is 1. The molecule has 3 unspecified atom stereocenters. The summed E-state index contributed by atoms with van der Waals surface area (Å²) in [5.74, 6) is -1.88. The molecule has 7 heteroatoms. The summed E-state index contributed by atoms with van der Waals surface area (Å²) in [6.07, 6.45) is -0.640. The van der Waals surface area contributed by atoms with E-state index in [1.807, 2.05) is 0 Å². The van der Waals surface area contributed by atoms with Crippen LogP contribution in [0.1, 0.15) is 0 Å². The fourth-order valence-corrected chi connectivity index (χ4v) is 2.18. The van der Waals surface area contributed by atoms with Crippen LogP contribution in [-0.4, -0.2) is 74.1 Å². The van der Waals surface area contributed by atoms with Crippen molar-refractivity contribution >= 4 is 11.9 Å². The van der Waals surface area contributed by atoms with Gasteiger partial charge in [-0.3, -0.25) is 9.59 Å². The number of carboxylic acids is 1. The quantitative estimate of drug-likeness (QED) is 0.697. The number of carbonyl (C=O) groups excluding carboxylic acids is 1. The fourth-order valence-electron chi connectivity index (χ4n) is 2.18. The minimum Gasteiger partial charge on any atom is -0.481 e. The second-order valence-electron chi connectivity index (χ2n) is 4.43. The van der Waals surface area contributed by atoms with Crippen LogP contribution in [0.2, 0.25) is 0 Å². The van der Waals surface area contributed by atoms with E-state index in [1.165, 1.54) is 4.90 Å². The van der Waals surface area contributed by atoms with Gasteiger partial charge in [0.05, 0.1) is 39.1 Å². The van der Waals surface area contributed by atoms with Crippen LogP contribution in [0.15, 0.2) is 0 Å². The molecule has 1 N–H and O–H groups in total. The molecule has 0 radical (unpaired) electrons. The Morgan fingerprint density at radius 2 is 1.94 bits per heavy atom. The van der Waals surface area contributed by atoms with Crippen molar-refractivity contribution in [2.45, 2.75) is 12.1 Å². The van der Waals surface area contributed by atoms with E-state index in [4.69, 9.17) is 19.3 Å². The maximum atomic E-state index is 12.1. The first-order valence-electron chi connectivity index (χ1n) is 5.88. The van der Waals surface area contributed by atoms with Gasteiger partial charge < -0.3 is 24.2 Å². The molecule has 102 valence electrons. The minimum absolute atomic E-state index is 0.139. The summed E-state index contributed by atoms with van der Waals surface area (Å²) in [6, 6.07) is -0.444. The highest BCUT2D eigenvalue weighted by atomic mass is 16.6. The van der Waals surface area contributed by atoms with Crippen LogP contribution in [0.4, 0.5) is 0 Å². The molecule has 2 saturated heterocycles. The lowest BCUT2D eigenvalue weighted by Crippen LogP contribution is -2.50. The lowest BCUT2D eigenvalue weighted by Gasteiger charge is -2.31. The molecule has 1 amide bonds. The molecule has 7 nitrogen and oxygen atoms in total. The lowest BCUT2D eigenvalue weighted by molar-refractivity contribution is -0.160. The van der Waals surface area contributed by atoms with Crippen LogP contribution >= 0.6 is 0 Å². The monoisotopic (exact) mass is 259 g/mol. The number of hydrogen-bond acceptors (Lipinski definition) is 5. The summed E-state index contributed by atoms with van der Waals surface area (Å²) in [7, 11) is 1.58. The molecule has 2 aliphatic rings. The first-order chi connectivity index (χ1) is 8.61. The highest BCUT2D eigenvalue weighted by Gasteiger charge is 2.40. The van der Waals surface area contributed by atoms with E-state index in [-0.39, 0.29) is 25.7 Å². The number of likely N-dealkylation sites (N-methyl/N-ethyl adjacent to an activating group) is 1. The topological polar surface area (TPSA) is 85.3 Å². The van der Waals surface area contributed by atoms with Crippen LogP contribution in [0, 0.1) is 5.92 Å². The SMILES string of the molecule is CN(C(=O)C1COCCO1)C1COCC1C(=O)O. The van der Waals surface area contributed by atoms with Gasteiger partial charge >= 0.3 is 5.97 Å². The number of hydrogen-bond donors (Lipinski definition) is 1. The van der Waals surface area contributed by atoms with Crippen molar-refractivity contribution in [3.05, 3.63) is 0 Å². The third-order valence-corrected chi connectivity index (χ3v) is 3.30. The number of carbonyl (C=O) groups is 2. The molecule has 0 spiro atoms. The Balaban J connectivity index is 1.98. The Hall–Kier alpha value is -1.18. The molecule has 2 heterocycles. The highest BCUT2D eigenvalue weighted by Crippen LogP contribution is 2.20. The van der Waals surface area contributed by atoms with Crippen LogP contribution in [0.5, 0.6) is 0 Å². The summed E-state index contributed by atoms with van der Waals surface area (Å²) in [6.45, 7) is 1.46. The highest BCUT2D eigenvalue weighted by molar-refractivity contribution is 5.82. The average Bonchev–Trinajstić information content (AvgIpc) is 2.87. The predicted octanol–water partition coefficient (Wildman–Crippen LogP) is -1.04. The maximum absolute atomic E-state index is 12.1. The normalized spacial score (nSPS) is 32.2. The van der Waals surface area contributed by atoms with E-state index < -0.39 is 24.0 Å². The molecule has 0 bridgehead atoms. The van der Waals surface area contributed by atoms with E-state index >= 15 is 0 Å². The van der Waals surface area contributed by atoms with Crippen LogP contribution in [-0.2, 0) is 23.8 Å². The zero-order chi connectivity index (χ0) is 13.1. The summed E-state index contributed by atoms with van der Waals surface area (Å²) in [4.78, 5) is 24.6. The Labute approximate surface area is 105 Å². The molecule has 0 aromatic rings. The lowest BCUT2D eigenvalue weighted by atomic mass is 10.0. The van der Waals surface area contributed by atoms with E-state index in [9.17, 15) is 9.59 Å². The Morgan fingerprint density at radius 3 is 2.56 bits per heavy atom. The molecule has 3 atom stereocenters. The van der Waals surface area contributed by atoms with Crippen molar-refractivity contribution in [2.24, 2.45) is 5.92 Å². The van der Waals surface area contributed by atoms with Gasteiger partial charge in [-0.15, -0.1) is 0 Å². The van der Waals surface area contributed by atoms with E-state index in [1.54, 1.807) is 7.05 Å². The van der Waals surface area contributed by atoms with Gasteiger partial charge in [0.2, 0.25) is 0 Å². The Bertz CT molecular complexity index is 327. The van der Waals surface area contributed by atoms with Gasteiger partial charge in [-0.05, 0) is 0 Å². The number of carboxylic acid groups (broad SMARTS) is 1. The van der Waals surface area contributed by atoms with Gasteiger partial charge in [-0.1, -0.05) is 0 Å². The summed E-state index contributed by atoms with van der Waals surface area (Å²) < 4.78 is 15.6. The van der Waals surface area contributed by atoms with Gasteiger partial charge in [0.15, 0.2) is 6.10 Å². The Morgan fingerprint density at radius 1 is 1.17 bits per heavy atom. The van der Waals surface area contributed by atoms with Gasteiger partial charge in [0, 0.05) is 7.05 Å². The Kier molecular flexibility index (Phi) is 4.15. The number of ether oxygens (including phenoxy) is 3. The molecular weight excluding hydrogens is 242 g/mol. The van der Waals surface area contributed by atoms with Gasteiger partial charge in [-0.25, -0.2) is 0 Å². The molecule has 2 fully saturated rings. The molecule has 2 aliphatic heterocycles. The molecule has 2 rings (SSSR count). The van der Waals surface area contributed by atoms with Gasteiger partial charge in [0.1, 0.15) is 5.92 Å². The van der Waals surface area contributed by atoms with Gasteiger partial charge in [-0.2, -0.15) is 0 Å². The summed E-state index contributed by atoms with van der Waals surface area (Å²) in [5, 5.41) is 9.05. The second-order valence-corrected chi connectivity index (χ2v) is 4.43. The summed E-state index contributed by atoms with van der Waals surface area (Å²) in [5.41, 5.74) is 0. The predicted molar refractivity (Wildman–Crippen MR) is 59.1 cm³/mol. The zero-order valence-corrected chi connectivity index (χ0v) is 10.2. The first-order valence-corrected chi connectivity index (χ1v) is 5.88. The average molecular weight is 259 g/mol. The molecule has 18 heavy (non-hydrogen) atoms. The third kappa shape index (κ3) is 2.63. The maximum Gasteiger partial charge on any atom is 0.311 e. The van der Waals surface area contributed by atoms with Crippen molar-refractivity contribution in [3.8, 4) is 0 Å². The fraction of sp³-hybridized carbons (Fsp3) is 0.818. The molecular formula is C11H17NO6. The number of nitrogens with zero attached hydrogens (tertiary/aromatic N) is 1. The van der Waals surface area contributed by atoms with Crippen molar-refractivity contribution in [1.82, 2.24) is 4.90 Å². The van der Waals surface area contributed by atoms with Crippen molar-refractivity contribution in [2.75, 3.05) is 40.1 Å². The van der Waals surface area contributed by atoms with E-state index in [0.717, 1.165) is 0 Å². The molecule has 0 aromatic carbocycles. The number of amides is 1. The van der Waals surface area contributed by atoms with Crippen LogP contribution in [0.3, 0.4) is 0 Å². The molecule has 0 saturated carbocycles. The summed E-state index contributed by atoms with van der Waals surface area (Å²) >= 11 is 0. The number of rotatable bonds is 3. The van der Waals surface area contributed by atoms with Gasteiger partial charge in [0.25, 0.3) is 5.91 Å². The zero-order valence-electron chi connectivity index (χ0n) is 10.2. The third-order valence-electron chi connectivity index (χ3n) is 3.30. The molecule has 0 aliphatic carbocycles. The first kappa shape index (κ1) is 13.3. The van der Waals surface area contributed by atoms with Crippen molar-refractivity contribution in [3.63, 3.8) is 0 Å². The van der Waals surface area contributed by atoms with Crippen LogP contribution < -0.4 is 0 Å². The van der Waals surface area contributed by atoms with Crippen molar-refractivity contribution < 1.29 is 28.9 Å². The standard InChI is InChI=1S/C11H17NO6/c1-12(8-5-17-4-7(8)11(14)15)10(13)9-6-16-2-3-18-9/h7-9H,2-6H2,1H3,(H,14,15). The minimum atomic E-state index is -0.946. The van der Waals surface area contributed by atoms with Crippen molar-refractivity contribution in [1.29, 1.82) is 0 Å². The van der Waals surface area contributed by atoms with E-state index in [2.05, 4.69) is 0 Å². The largest absolute Gasteiger partial charge is 0.481 e. The van der Waals surface area contributed by atoms with Crippen LogP contribution in [0.25, 0.3) is 0 Å². The molecule has 0 aromatic heterocycles. The van der Waals surface area contributed by atoms with E-state index in [0.29, 0.717) is 13.2 Å². The smallest absolute Gasteiger partial charge is 0.311 e.